The number of carbonyl (C=O) groups excluding carboxylic acids is 2. The number of hydrogen-bond acceptors (Lipinski definition) is 6. The van der Waals surface area contributed by atoms with Gasteiger partial charge in [-0.25, -0.2) is 9.18 Å². The number of nitrogens with zero attached hydrogens (tertiary/aromatic N) is 2. The zero-order valence-electron chi connectivity index (χ0n) is 18.0. The van der Waals surface area contributed by atoms with Crippen molar-refractivity contribution in [3.05, 3.63) is 63.4 Å². The molecule has 1 fully saturated rings. The van der Waals surface area contributed by atoms with Gasteiger partial charge in [0.25, 0.3) is 5.69 Å². The fraction of sp³-hybridized carbons (Fsp3) is 0.409. The molecule has 172 valence electrons. The molecule has 1 aliphatic rings. The normalized spacial score (nSPS) is 18.4. The number of benzene rings is 1. The number of carboxylic acids is 1. The second-order valence-electron chi connectivity index (χ2n) is 7.85. The number of amides is 1. The summed E-state index contributed by atoms with van der Waals surface area (Å²) in [7, 11) is 0. The van der Waals surface area contributed by atoms with Gasteiger partial charge in [-0.15, -0.1) is 0 Å². The Labute approximate surface area is 184 Å². The predicted molar refractivity (Wildman–Crippen MR) is 112 cm³/mol. The third-order valence-corrected chi connectivity index (χ3v) is 5.12. The highest BCUT2D eigenvalue weighted by molar-refractivity contribution is 5.98. The summed E-state index contributed by atoms with van der Waals surface area (Å²) >= 11 is 0. The SMILES string of the molecule is C=C(CC(=O)OCc1ccc([N+](=O)[O-])cc1)CC1C([C@H](C)F)C(=O)N1C(C(=O)O)=C(C)C. The number of halogens is 1. The van der Waals surface area contributed by atoms with Crippen LogP contribution in [0.2, 0.25) is 0 Å². The second-order valence-corrected chi connectivity index (χ2v) is 7.85. The van der Waals surface area contributed by atoms with Crippen molar-refractivity contribution in [2.24, 2.45) is 5.92 Å². The van der Waals surface area contributed by atoms with E-state index in [1.54, 1.807) is 13.8 Å². The first-order valence-electron chi connectivity index (χ1n) is 9.87. The van der Waals surface area contributed by atoms with Gasteiger partial charge in [-0.2, -0.15) is 0 Å². The van der Waals surface area contributed by atoms with Gasteiger partial charge in [-0.05, 0) is 50.5 Å². The van der Waals surface area contributed by atoms with E-state index in [1.165, 1.54) is 31.2 Å². The largest absolute Gasteiger partial charge is 0.477 e. The zero-order chi connectivity index (χ0) is 24.2. The number of ether oxygens (including phenoxy) is 1. The highest BCUT2D eigenvalue weighted by Crippen LogP contribution is 2.39. The maximum atomic E-state index is 14.0. The Balaban J connectivity index is 2.00. The van der Waals surface area contributed by atoms with Crippen LogP contribution in [0.3, 0.4) is 0 Å². The first kappa shape index (κ1) is 24.7. The summed E-state index contributed by atoms with van der Waals surface area (Å²) in [4.78, 5) is 47.4. The molecule has 1 aromatic carbocycles. The van der Waals surface area contributed by atoms with Crippen molar-refractivity contribution in [2.75, 3.05) is 0 Å². The van der Waals surface area contributed by atoms with E-state index in [9.17, 15) is 34.0 Å². The number of nitro benzene ring substituents is 1. The summed E-state index contributed by atoms with van der Waals surface area (Å²) in [5.74, 6) is -3.54. The monoisotopic (exact) mass is 448 g/mol. The summed E-state index contributed by atoms with van der Waals surface area (Å²) in [6, 6.07) is 4.77. The zero-order valence-corrected chi connectivity index (χ0v) is 18.0. The van der Waals surface area contributed by atoms with E-state index in [1.807, 2.05) is 0 Å². The third kappa shape index (κ3) is 5.57. The summed E-state index contributed by atoms with van der Waals surface area (Å²) in [5, 5.41) is 20.1. The molecule has 0 aliphatic carbocycles. The number of aliphatic carboxylic acids is 1. The van der Waals surface area contributed by atoms with E-state index >= 15 is 0 Å². The van der Waals surface area contributed by atoms with E-state index in [0.717, 1.165) is 4.90 Å². The van der Waals surface area contributed by atoms with E-state index in [0.29, 0.717) is 16.7 Å². The Kier molecular flexibility index (Phi) is 7.85. The second kappa shape index (κ2) is 10.2. The molecule has 1 saturated heterocycles. The van der Waals surface area contributed by atoms with Crippen molar-refractivity contribution >= 4 is 23.5 Å². The van der Waals surface area contributed by atoms with Gasteiger partial charge < -0.3 is 14.7 Å². The van der Waals surface area contributed by atoms with Crippen molar-refractivity contribution in [2.45, 2.75) is 52.4 Å². The van der Waals surface area contributed by atoms with Crippen LogP contribution in [0.5, 0.6) is 0 Å². The van der Waals surface area contributed by atoms with E-state index in [-0.39, 0.29) is 30.8 Å². The molecular weight excluding hydrogens is 423 g/mol. The fourth-order valence-electron chi connectivity index (χ4n) is 3.62. The number of rotatable bonds is 10. The van der Waals surface area contributed by atoms with E-state index in [2.05, 4.69) is 6.58 Å². The smallest absolute Gasteiger partial charge is 0.352 e. The molecule has 0 radical (unpaired) electrons. The summed E-state index contributed by atoms with van der Waals surface area (Å²) in [5.41, 5.74) is 1.04. The average molecular weight is 448 g/mol. The fourth-order valence-corrected chi connectivity index (χ4v) is 3.62. The summed E-state index contributed by atoms with van der Waals surface area (Å²) < 4.78 is 19.2. The Morgan fingerprint density at radius 2 is 1.91 bits per heavy atom. The van der Waals surface area contributed by atoms with E-state index in [4.69, 9.17) is 4.74 Å². The number of esters is 1. The van der Waals surface area contributed by atoms with Gasteiger partial charge in [0.2, 0.25) is 5.91 Å². The molecule has 2 rings (SSSR count). The molecule has 1 amide bonds. The topological polar surface area (TPSA) is 127 Å². The van der Waals surface area contributed by atoms with Gasteiger partial charge in [0, 0.05) is 12.1 Å². The van der Waals surface area contributed by atoms with Gasteiger partial charge in [0.1, 0.15) is 18.5 Å². The molecule has 9 nitrogen and oxygen atoms in total. The molecule has 1 N–H and O–H groups in total. The van der Waals surface area contributed by atoms with Crippen LogP contribution in [0, 0.1) is 16.0 Å². The maximum Gasteiger partial charge on any atom is 0.352 e. The molecule has 1 heterocycles. The Hall–Kier alpha value is -3.56. The minimum absolute atomic E-state index is 0.0430. The van der Waals surface area contributed by atoms with Gasteiger partial charge in [0.05, 0.1) is 23.3 Å². The van der Waals surface area contributed by atoms with Crippen molar-refractivity contribution in [3.8, 4) is 0 Å². The average Bonchev–Trinajstić information content (AvgIpc) is 2.69. The minimum atomic E-state index is -1.49. The Bertz CT molecular complexity index is 965. The van der Waals surface area contributed by atoms with Crippen molar-refractivity contribution in [1.82, 2.24) is 4.90 Å². The molecule has 3 atom stereocenters. The van der Waals surface area contributed by atoms with Crippen LogP contribution >= 0.6 is 0 Å². The molecule has 10 heteroatoms. The van der Waals surface area contributed by atoms with Crippen LogP contribution in [-0.2, 0) is 25.7 Å². The number of non-ortho nitro benzene ring substituents is 1. The number of carboxylic acid groups (broad SMARTS) is 1. The number of β-lactam (4-membered cyclic amide) rings is 1. The van der Waals surface area contributed by atoms with Crippen LogP contribution in [-0.4, -0.2) is 45.0 Å². The highest BCUT2D eigenvalue weighted by atomic mass is 19.1. The van der Waals surface area contributed by atoms with Gasteiger partial charge in [0.15, 0.2) is 0 Å². The van der Waals surface area contributed by atoms with Crippen molar-refractivity contribution < 1.29 is 33.5 Å². The first-order valence-corrected chi connectivity index (χ1v) is 9.87. The molecule has 0 saturated carbocycles. The maximum absolute atomic E-state index is 14.0. The van der Waals surface area contributed by atoms with Crippen LogP contribution in [0.4, 0.5) is 10.1 Å². The number of nitro groups is 1. The number of allylic oxidation sites excluding steroid dienone is 1. The van der Waals surface area contributed by atoms with Gasteiger partial charge >= 0.3 is 11.9 Å². The molecule has 0 bridgehead atoms. The number of hydrogen-bond donors (Lipinski definition) is 1. The van der Waals surface area contributed by atoms with Crippen LogP contribution < -0.4 is 0 Å². The highest BCUT2D eigenvalue weighted by Gasteiger charge is 2.53. The standard InChI is InChI=1S/C22H25FN2O7/c1-12(2)20(22(28)29)24-17(19(14(4)23)21(24)27)9-13(3)10-18(26)32-11-15-5-7-16(8-6-15)25(30)31/h5-8,14,17,19H,3,9-11H2,1-2,4H3,(H,28,29)/t14-,17?,19?/m0/s1. The van der Waals surface area contributed by atoms with Crippen molar-refractivity contribution in [3.63, 3.8) is 0 Å². The lowest BCUT2D eigenvalue weighted by Gasteiger charge is -2.48. The molecule has 0 aromatic heterocycles. The molecule has 1 aliphatic heterocycles. The molecule has 2 unspecified atom stereocenters. The molecule has 0 spiro atoms. The van der Waals surface area contributed by atoms with E-state index < -0.39 is 40.9 Å². The number of carbonyl (C=O) groups is 3. The lowest BCUT2D eigenvalue weighted by molar-refractivity contribution is -0.384. The molecule has 32 heavy (non-hydrogen) atoms. The lowest BCUT2D eigenvalue weighted by atomic mass is 9.79. The van der Waals surface area contributed by atoms with Crippen LogP contribution in [0.15, 0.2) is 47.7 Å². The number of likely N-dealkylation sites (tertiary alicyclic amines) is 1. The molecule has 1 aromatic rings. The van der Waals surface area contributed by atoms with Crippen molar-refractivity contribution in [1.29, 1.82) is 0 Å². The minimum Gasteiger partial charge on any atom is -0.477 e. The summed E-state index contributed by atoms with van der Waals surface area (Å²) in [6.45, 7) is 8.04. The van der Waals surface area contributed by atoms with Crippen LogP contribution in [0.1, 0.15) is 39.2 Å². The Morgan fingerprint density at radius 3 is 2.38 bits per heavy atom. The lowest BCUT2D eigenvalue weighted by Crippen LogP contribution is -2.63. The number of alkyl halides is 1. The summed E-state index contributed by atoms with van der Waals surface area (Å²) in [6.07, 6.45) is -1.64. The molecular formula is C22H25FN2O7. The third-order valence-electron chi connectivity index (χ3n) is 5.12. The Morgan fingerprint density at radius 1 is 1.31 bits per heavy atom. The van der Waals surface area contributed by atoms with Gasteiger partial charge in [-0.3, -0.25) is 19.7 Å². The first-order chi connectivity index (χ1) is 14.9. The van der Waals surface area contributed by atoms with Gasteiger partial charge in [-0.1, -0.05) is 12.2 Å². The predicted octanol–water partition coefficient (Wildman–Crippen LogP) is 3.54. The quantitative estimate of drug-likeness (QED) is 0.145. The van der Waals surface area contributed by atoms with Crippen LogP contribution in [0.25, 0.3) is 0 Å².